The molecule has 6 nitrogen and oxygen atoms in total. The van der Waals surface area contributed by atoms with Crippen LogP contribution in [-0.4, -0.2) is 27.7 Å². The summed E-state index contributed by atoms with van der Waals surface area (Å²) in [7, 11) is 0. The molecule has 1 aliphatic carbocycles. The molecular weight excluding hydrogens is 829 g/mol. The van der Waals surface area contributed by atoms with Crippen molar-refractivity contribution in [2.45, 2.75) is 25.6 Å². The smallest absolute Gasteiger partial charge is 0.182 e. The van der Waals surface area contributed by atoms with Crippen molar-refractivity contribution in [2.24, 2.45) is 9.98 Å². The first-order valence-corrected chi connectivity index (χ1v) is 23.0. The summed E-state index contributed by atoms with van der Waals surface area (Å²) in [4.78, 5) is 22.3. The van der Waals surface area contributed by atoms with Crippen molar-refractivity contribution in [3.05, 3.63) is 258 Å². The molecule has 324 valence electrons. The predicted octanol–water partition coefficient (Wildman–Crippen LogP) is 14.0. The van der Waals surface area contributed by atoms with Crippen molar-refractivity contribution < 1.29 is 0 Å². The normalized spacial score (nSPS) is 16.4. The molecule has 2 aliphatic heterocycles. The third-order valence-corrected chi connectivity index (χ3v) is 12.7. The number of aliphatic imine (C=N–C) groups is 2. The van der Waals surface area contributed by atoms with Crippen molar-refractivity contribution in [3.8, 4) is 45.7 Å². The summed E-state index contributed by atoms with van der Waals surface area (Å²) in [5.74, 6) is 4.74. The lowest BCUT2D eigenvalue weighted by Gasteiger charge is -2.29. The van der Waals surface area contributed by atoms with Gasteiger partial charge in [-0.3, -0.25) is 0 Å². The van der Waals surface area contributed by atoms with Gasteiger partial charge in [-0.1, -0.05) is 152 Å². The molecule has 2 unspecified atom stereocenters. The average molecular weight is 875 g/mol. The number of anilines is 2. The quantitative estimate of drug-likeness (QED) is 0.110. The third-order valence-electron chi connectivity index (χ3n) is 12.7. The van der Waals surface area contributed by atoms with Crippen molar-refractivity contribution in [1.29, 1.82) is 0 Å². The summed E-state index contributed by atoms with van der Waals surface area (Å²) in [6, 6.07) is 64.1. The molecule has 1 N–H and O–H groups in total. The summed E-state index contributed by atoms with van der Waals surface area (Å²) in [5, 5.41) is 3.59. The van der Waals surface area contributed by atoms with Gasteiger partial charge in [-0.15, -0.1) is 6.42 Å². The van der Waals surface area contributed by atoms with Gasteiger partial charge in [0.05, 0.1) is 6.04 Å². The fourth-order valence-corrected chi connectivity index (χ4v) is 9.51. The van der Waals surface area contributed by atoms with Crippen LogP contribution in [-0.2, 0) is 0 Å². The van der Waals surface area contributed by atoms with Crippen molar-refractivity contribution in [1.82, 2.24) is 15.3 Å². The van der Waals surface area contributed by atoms with Crippen LogP contribution in [0.4, 0.5) is 11.4 Å². The van der Waals surface area contributed by atoms with E-state index < -0.39 is 6.17 Å². The summed E-state index contributed by atoms with van der Waals surface area (Å²) in [6.45, 7) is 1.99. The molecule has 68 heavy (non-hydrogen) atoms. The summed E-state index contributed by atoms with van der Waals surface area (Å²) in [6.07, 6.45) is 20.7. The summed E-state index contributed by atoms with van der Waals surface area (Å²) in [5.41, 5.74) is 17.5. The summed E-state index contributed by atoms with van der Waals surface area (Å²) >= 11 is 0. The van der Waals surface area contributed by atoms with E-state index in [-0.39, 0.29) is 6.04 Å². The van der Waals surface area contributed by atoms with Gasteiger partial charge in [0.25, 0.3) is 0 Å². The van der Waals surface area contributed by atoms with E-state index in [1.807, 2.05) is 37.3 Å². The van der Waals surface area contributed by atoms with E-state index >= 15 is 0 Å². The average Bonchev–Trinajstić information content (AvgIpc) is 3.76. The standard InChI is InChI=1S/C62H46N6/c1-3-5-19-42(4-2)50-38-51(44-22-11-7-12-23-44)40-52(39-50)45-24-15-26-48(36-45)59-65-60(67-62(66-59)61-63-34-18-35-64-61)49-27-16-25-47(37-49)54-30-17-31-57-58(54)55-41-46(43-20-9-6-10-21-43)32-33-56(55)68(57)53-28-13-8-14-29-53/h2-3,5-32,34-41,56,62H,33H2,1H3,(H,65,66,67)/b5-3-,42-19+. The maximum Gasteiger partial charge on any atom is 0.182 e. The first-order valence-electron chi connectivity index (χ1n) is 23.0. The molecule has 7 aromatic carbocycles. The molecule has 3 aliphatic rings. The number of hydrogen-bond donors (Lipinski definition) is 1. The van der Waals surface area contributed by atoms with Gasteiger partial charge in [0.2, 0.25) is 0 Å². The first-order chi connectivity index (χ1) is 33.6. The van der Waals surface area contributed by atoms with E-state index in [1.54, 1.807) is 12.4 Å². The number of rotatable bonds is 10. The SMILES string of the molecule is C#C/C(=C\C=C/C)c1cc(-c2ccccc2)cc(-c2cccc(C3=NC(c4cccc(-c5cccc6c5C5=CC(c7ccccc7)=CCC5N6c5ccccc5)c4)=NC(c4ncccn4)N3)c2)c1. The third kappa shape index (κ3) is 8.19. The van der Waals surface area contributed by atoms with Crippen LogP contribution in [0.1, 0.15) is 53.2 Å². The zero-order valence-corrected chi connectivity index (χ0v) is 37.5. The van der Waals surface area contributed by atoms with E-state index in [9.17, 15) is 0 Å². The Bertz CT molecular complexity index is 3410. The highest BCUT2D eigenvalue weighted by Crippen LogP contribution is 2.52. The number of para-hydroxylation sites is 1. The van der Waals surface area contributed by atoms with Crippen molar-refractivity contribution in [3.63, 3.8) is 0 Å². The number of benzene rings is 7. The molecule has 0 spiro atoms. The van der Waals surface area contributed by atoms with Gasteiger partial charge in [-0.2, -0.15) is 0 Å². The molecule has 0 saturated heterocycles. The Labute approximate surface area is 397 Å². The second-order valence-corrected chi connectivity index (χ2v) is 16.9. The Morgan fingerprint density at radius 1 is 0.647 bits per heavy atom. The number of allylic oxidation sites excluding steroid dienone is 6. The van der Waals surface area contributed by atoms with E-state index in [0.717, 1.165) is 62.1 Å². The highest BCUT2D eigenvalue weighted by molar-refractivity contribution is 6.14. The maximum atomic E-state index is 6.11. The number of terminal acetylenes is 1. The minimum Gasteiger partial charge on any atom is -0.342 e. The Hall–Kier alpha value is -8.92. The lowest BCUT2D eigenvalue weighted by molar-refractivity contribution is 0.627. The molecule has 0 bridgehead atoms. The molecule has 2 atom stereocenters. The van der Waals surface area contributed by atoms with Gasteiger partial charge >= 0.3 is 0 Å². The van der Waals surface area contributed by atoms with Gasteiger partial charge in [-0.05, 0) is 136 Å². The molecule has 6 heteroatoms. The number of fused-ring (bicyclic) bond motifs is 3. The fraction of sp³-hybridized carbons (Fsp3) is 0.0645. The molecule has 0 amide bonds. The number of amidine groups is 2. The lowest BCUT2D eigenvalue weighted by Crippen LogP contribution is -2.34. The Kier molecular flexibility index (Phi) is 11.4. The molecule has 8 aromatic rings. The van der Waals surface area contributed by atoms with Gasteiger partial charge in [0.15, 0.2) is 17.8 Å². The number of hydrogen-bond acceptors (Lipinski definition) is 6. The van der Waals surface area contributed by atoms with Crippen LogP contribution >= 0.6 is 0 Å². The number of nitrogens with zero attached hydrogens (tertiary/aromatic N) is 5. The van der Waals surface area contributed by atoms with E-state index in [4.69, 9.17) is 16.4 Å². The lowest BCUT2D eigenvalue weighted by atomic mass is 9.86. The second-order valence-electron chi connectivity index (χ2n) is 16.9. The molecule has 0 saturated carbocycles. The van der Waals surface area contributed by atoms with Crippen molar-refractivity contribution in [2.75, 3.05) is 4.90 Å². The maximum absolute atomic E-state index is 6.11. The zero-order valence-electron chi connectivity index (χ0n) is 37.5. The highest BCUT2D eigenvalue weighted by Gasteiger charge is 2.38. The Morgan fingerprint density at radius 2 is 1.28 bits per heavy atom. The largest absolute Gasteiger partial charge is 0.342 e. The van der Waals surface area contributed by atoms with Crippen LogP contribution in [0, 0.1) is 12.3 Å². The van der Waals surface area contributed by atoms with Crippen molar-refractivity contribution >= 4 is 39.8 Å². The van der Waals surface area contributed by atoms with Crippen LogP contribution in [0.25, 0.3) is 50.1 Å². The van der Waals surface area contributed by atoms with Crippen LogP contribution in [0.5, 0.6) is 0 Å². The summed E-state index contributed by atoms with van der Waals surface area (Å²) < 4.78 is 0. The molecule has 0 radical (unpaired) electrons. The highest BCUT2D eigenvalue weighted by atomic mass is 15.2. The van der Waals surface area contributed by atoms with Crippen LogP contribution < -0.4 is 10.2 Å². The molecule has 0 fully saturated rings. The van der Waals surface area contributed by atoms with Crippen LogP contribution in [0.2, 0.25) is 0 Å². The number of nitrogens with one attached hydrogen (secondary N) is 1. The zero-order chi connectivity index (χ0) is 45.8. The molecular formula is C62H46N6. The van der Waals surface area contributed by atoms with Crippen LogP contribution in [0.3, 0.4) is 0 Å². The molecule has 1 aromatic heterocycles. The van der Waals surface area contributed by atoms with Gasteiger partial charge in [-0.25, -0.2) is 20.0 Å². The Morgan fingerprint density at radius 3 is 2.03 bits per heavy atom. The van der Waals surface area contributed by atoms with Gasteiger partial charge < -0.3 is 10.2 Å². The minimum absolute atomic E-state index is 0.161. The molecule has 11 rings (SSSR count). The first kappa shape index (κ1) is 41.8. The fourth-order valence-electron chi connectivity index (χ4n) is 9.51. The minimum atomic E-state index is -0.578. The predicted molar refractivity (Wildman–Crippen MR) is 281 cm³/mol. The van der Waals surface area contributed by atoms with Crippen LogP contribution in [0.15, 0.2) is 235 Å². The van der Waals surface area contributed by atoms with E-state index in [2.05, 4.69) is 208 Å². The van der Waals surface area contributed by atoms with E-state index in [1.165, 1.54) is 33.6 Å². The monoisotopic (exact) mass is 874 g/mol. The Balaban J connectivity index is 1.01. The topological polar surface area (TPSA) is 65.8 Å². The number of aromatic nitrogens is 2. The van der Waals surface area contributed by atoms with E-state index in [0.29, 0.717) is 17.5 Å². The second kappa shape index (κ2) is 18.5. The van der Waals surface area contributed by atoms with Gasteiger partial charge in [0.1, 0.15) is 5.84 Å². The van der Waals surface area contributed by atoms with Gasteiger partial charge in [0, 0.05) is 46.0 Å². The molecule has 3 heterocycles.